The molecule has 0 aliphatic carbocycles. The predicted octanol–water partition coefficient (Wildman–Crippen LogP) is 3.41. The van der Waals surface area contributed by atoms with Crippen LogP contribution in [0.1, 0.15) is 17.7 Å². The van der Waals surface area contributed by atoms with E-state index in [0.717, 1.165) is 77.0 Å². The van der Waals surface area contributed by atoms with Gasteiger partial charge in [-0.2, -0.15) is 0 Å². The van der Waals surface area contributed by atoms with Crippen LogP contribution < -0.4 is 5.32 Å². The van der Waals surface area contributed by atoms with Crippen molar-refractivity contribution in [3.05, 3.63) is 58.8 Å². The van der Waals surface area contributed by atoms with Crippen LogP contribution >= 0.6 is 11.6 Å². The van der Waals surface area contributed by atoms with Crippen LogP contribution in [0.2, 0.25) is 5.02 Å². The molecule has 2 aliphatic rings. The van der Waals surface area contributed by atoms with E-state index in [1.165, 1.54) is 6.07 Å². The molecule has 6 nitrogen and oxygen atoms in total. The molecular weight excluding hydrogens is 419 g/mol. The number of rotatable bonds is 7. The Morgan fingerprint density at radius 2 is 2.06 bits per heavy atom. The molecule has 2 aliphatic heterocycles. The normalized spacial score (nSPS) is 20.4. The van der Waals surface area contributed by atoms with E-state index in [2.05, 4.69) is 15.1 Å². The van der Waals surface area contributed by atoms with Crippen LogP contribution in [-0.4, -0.2) is 68.2 Å². The van der Waals surface area contributed by atoms with Crippen LogP contribution in [0.15, 0.2) is 46.0 Å². The van der Waals surface area contributed by atoms with Crippen LogP contribution in [0.25, 0.3) is 0 Å². The lowest BCUT2D eigenvalue weighted by molar-refractivity contribution is 0.170. The average Bonchev–Trinajstić information content (AvgIpc) is 3.48. The third kappa shape index (κ3) is 6.21. The lowest BCUT2D eigenvalue weighted by Gasteiger charge is -2.37. The second-order valence-electron chi connectivity index (χ2n) is 8.11. The van der Waals surface area contributed by atoms with Gasteiger partial charge in [0.2, 0.25) is 0 Å². The summed E-state index contributed by atoms with van der Waals surface area (Å²) in [5.74, 6) is 2.14. The summed E-state index contributed by atoms with van der Waals surface area (Å²) in [6.07, 6.45) is 3.58. The van der Waals surface area contributed by atoms with Crippen molar-refractivity contribution in [1.82, 2.24) is 15.1 Å². The number of guanidine groups is 1. The molecule has 0 spiro atoms. The maximum Gasteiger partial charge on any atom is 0.194 e. The smallest absolute Gasteiger partial charge is 0.194 e. The van der Waals surface area contributed by atoms with E-state index in [1.54, 1.807) is 18.4 Å². The molecule has 1 aromatic heterocycles. The zero-order valence-corrected chi connectivity index (χ0v) is 18.5. The van der Waals surface area contributed by atoms with Crippen molar-refractivity contribution in [2.75, 3.05) is 52.5 Å². The largest absolute Gasteiger partial charge is 0.469 e. The Kier molecular flexibility index (Phi) is 7.83. The molecule has 2 fully saturated rings. The van der Waals surface area contributed by atoms with Crippen LogP contribution in [-0.2, 0) is 17.7 Å². The van der Waals surface area contributed by atoms with Gasteiger partial charge in [-0.3, -0.25) is 9.89 Å². The highest BCUT2D eigenvalue weighted by molar-refractivity contribution is 6.31. The summed E-state index contributed by atoms with van der Waals surface area (Å²) in [6.45, 7) is 7.01. The van der Waals surface area contributed by atoms with E-state index in [0.29, 0.717) is 23.0 Å². The van der Waals surface area contributed by atoms with Gasteiger partial charge >= 0.3 is 0 Å². The molecule has 2 saturated heterocycles. The fourth-order valence-electron chi connectivity index (χ4n) is 3.99. The molecule has 8 heteroatoms. The molecule has 168 valence electrons. The minimum atomic E-state index is -0.240. The van der Waals surface area contributed by atoms with E-state index < -0.39 is 0 Å². The van der Waals surface area contributed by atoms with Gasteiger partial charge in [0, 0.05) is 75.3 Å². The Bertz CT molecular complexity index is 827. The quantitative estimate of drug-likeness (QED) is 0.519. The Hall–Kier alpha value is -2.09. The van der Waals surface area contributed by atoms with Crippen LogP contribution in [0, 0.1) is 11.7 Å². The van der Waals surface area contributed by atoms with Gasteiger partial charge in [0.1, 0.15) is 11.6 Å². The number of nitrogens with one attached hydrogen (secondary N) is 1. The third-order valence-electron chi connectivity index (χ3n) is 5.87. The van der Waals surface area contributed by atoms with Crippen LogP contribution in [0.4, 0.5) is 4.39 Å². The molecule has 1 atom stereocenters. The first kappa shape index (κ1) is 22.1. The van der Waals surface area contributed by atoms with Crippen molar-refractivity contribution in [2.24, 2.45) is 10.9 Å². The first-order valence-electron chi connectivity index (χ1n) is 11.0. The van der Waals surface area contributed by atoms with Gasteiger partial charge in [-0.15, -0.1) is 0 Å². The Morgan fingerprint density at radius 1 is 1.19 bits per heavy atom. The molecule has 0 radical (unpaired) electrons. The molecule has 0 amide bonds. The Labute approximate surface area is 188 Å². The maximum atomic E-state index is 14.1. The Balaban J connectivity index is 1.33. The zero-order valence-electron chi connectivity index (χ0n) is 17.7. The van der Waals surface area contributed by atoms with E-state index in [9.17, 15) is 4.39 Å². The van der Waals surface area contributed by atoms with E-state index in [-0.39, 0.29) is 5.82 Å². The van der Waals surface area contributed by atoms with Crippen molar-refractivity contribution >= 4 is 17.6 Å². The zero-order chi connectivity index (χ0) is 21.5. The van der Waals surface area contributed by atoms with Crippen molar-refractivity contribution in [2.45, 2.75) is 19.4 Å². The number of aliphatic imine (C=N–C) groups is 1. The fraction of sp³-hybridized carbons (Fsp3) is 0.522. The molecule has 1 unspecified atom stereocenters. The monoisotopic (exact) mass is 448 g/mol. The highest BCUT2D eigenvalue weighted by Gasteiger charge is 2.22. The van der Waals surface area contributed by atoms with Gasteiger partial charge in [0.25, 0.3) is 0 Å². The van der Waals surface area contributed by atoms with Gasteiger partial charge in [0.05, 0.1) is 12.9 Å². The van der Waals surface area contributed by atoms with E-state index in [4.69, 9.17) is 25.7 Å². The molecule has 3 heterocycles. The van der Waals surface area contributed by atoms with Crippen LogP contribution in [0.5, 0.6) is 0 Å². The molecule has 0 bridgehead atoms. The number of nitrogens with zero attached hydrogens (tertiary/aromatic N) is 3. The molecule has 2 aromatic rings. The van der Waals surface area contributed by atoms with Crippen molar-refractivity contribution in [3.8, 4) is 0 Å². The predicted molar refractivity (Wildman–Crippen MR) is 120 cm³/mol. The summed E-state index contributed by atoms with van der Waals surface area (Å²) in [4.78, 5) is 9.44. The van der Waals surface area contributed by atoms with Gasteiger partial charge in [0.15, 0.2) is 5.96 Å². The molecule has 0 saturated carbocycles. The summed E-state index contributed by atoms with van der Waals surface area (Å²) in [5.41, 5.74) is 0.573. The summed E-state index contributed by atoms with van der Waals surface area (Å²) in [5, 5.41) is 4.00. The SMILES string of the molecule is Fc1cccc(Cl)c1CN1CCN(C(=NCC2CCOC2)NCCc2ccco2)CC1. The van der Waals surface area contributed by atoms with Gasteiger partial charge in [-0.05, 0) is 30.7 Å². The molecule has 1 aromatic carbocycles. The number of furan rings is 1. The van der Waals surface area contributed by atoms with Gasteiger partial charge < -0.3 is 19.4 Å². The van der Waals surface area contributed by atoms with Crippen molar-refractivity contribution in [3.63, 3.8) is 0 Å². The molecule has 1 N–H and O–H groups in total. The second-order valence-corrected chi connectivity index (χ2v) is 8.52. The summed E-state index contributed by atoms with van der Waals surface area (Å²) < 4.78 is 25.1. The molecule has 4 rings (SSSR count). The maximum absolute atomic E-state index is 14.1. The van der Waals surface area contributed by atoms with Gasteiger partial charge in [-0.25, -0.2) is 4.39 Å². The standard InChI is InChI=1S/C23H30ClFN4O2/c24-21-4-1-5-22(25)20(21)16-28-9-11-29(12-10-28)23(27-15-18-7-14-30-17-18)26-8-6-19-3-2-13-31-19/h1-5,13,18H,6-12,14-17H2,(H,26,27). The third-order valence-corrected chi connectivity index (χ3v) is 6.23. The fourth-order valence-corrected chi connectivity index (χ4v) is 4.21. The first-order chi connectivity index (χ1) is 15.2. The second kappa shape index (κ2) is 11.0. The summed E-state index contributed by atoms with van der Waals surface area (Å²) >= 11 is 6.21. The number of hydrogen-bond acceptors (Lipinski definition) is 4. The highest BCUT2D eigenvalue weighted by Crippen LogP contribution is 2.21. The van der Waals surface area contributed by atoms with Gasteiger partial charge in [-0.1, -0.05) is 17.7 Å². The topological polar surface area (TPSA) is 53.2 Å². The molecular formula is C23H30ClFN4O2. The number of piperazine rings is 1. The highest BCUT2D eigenvalue weighted by atomic mass is 35.5. The van der Waals surface area contributed by atoms with Crippen molar-refractivity contribution < 1.29 is 13.5 Å². The number of benzene rings is 1. The Morgan fingerprint density at radius 3 is 2.77 bits per heavy atom. The average molecular weight is 449 g/mol. The van der Waals surface area contributed by atoms with E-state index >= 15 is 0 Å². The summed E-state index contributed by atoms with van der Waals surface area (Å²) in [7, 11) is 0. The lowest BCUT2D eigenvalue weighted by Crippen LogP contribution is -2.52. The van der Waals surface area contributed by atoms with Crippen molar-refractivity contribution in [1.29, 1.82) is 0 Å². The first-order valence-corrected chi connectivity index (χ1v) is 11.4. The van der Waals surface area contributed by atoms with E-state index in [1.807, 2.05) is 12.1 Å². The number of halogens is 2. The minimum Gasteiger partial charge on any atom is -0.469 e. The summed E-state index contributed by atoms with van der Waals surface area (Å²) in [6, 6.07) is 8.76. The lowest BCUT2D eigenvalue weighted by atomic mass is 10.1. The minimum absolute atomic E-state index is 0.240. The number of hydrogen-bond donors (Lipinski definition) is 1. The van der Waals surface area contributed by atoms with Crippen LogP contribution in [0.3, 0.4) is 0 Å². The molecule has 31 heavy (non-hydrogen) atoms. The number of ether oxygens (including phenoxy) is 1.